The standard InChI is InChI=1S/C16H22FNO/c17-14-5-3-13(4-6-14)16(8-1-2-9-16)12-18-15-7-10-19-11-15/h3-6,15,18H,1-2,7-12H2/t15-/m0/s1. The lowest BCUT2D eigenvalue weighted by Gasteiger charge is -2.31. The van der Waals surface area contributed by atoms with Crippen molar-refractivity contribution < 1.29 is 9.13 Å². The van der Waals surface area contributed by atoms with Crippen molar-refractivity contribution >= 4 is 0 Å². The van der Waals surface area contributed by atoms with Crippen molar-refractivity contribution in [1.82, 2.24) is 5.32 Å². The highest BCUT2D eigenvalue weighted by Crippen LogP contribution is 2.40. The predicted octanol–water partition coefficient (Wildman–Crippen LogP) is 3.02. The van der Waals surface area contributed by atoms with Gasteiger partial charge in [0.1, 0.15) is 5.82 Å². The molecule has 2 aliphatic rings. The fourth-order valence-electron chi connectivity index (χ4n) is 3.46. The molecule has 0 spiro atoms. The summed E-state index contributed by atoms with van der Waals surface area (Å²) in [5, 5.41) is 3.66. The molecule has 3 heteroatoms. The normalized spacial score (nSPS) is 25.8. The molecule has 1 saturated carbocycles. The van der Waals surface area contributed by atoms with Gasteiger partial charge in [0.25, 0.3) is 0 Å². The molecule has 0 unspecified atom stereocenters. The van der Waals surface area contributed by atoms with Crippen LogP contribution in [0.4, 0.5) is 4.39 Å². The van der Waals surface area contributed by atoms with E-state index in [-0.39, 0.29) is 11.2 Å². The second-order valence-electron chi connectivity index (χ2n) is 5.94. The van der Waals surface area contributed by atoms with Crippen LogP contribution in [0.3, 0.4) is 0 Å². The first-order valence-corrected chi connectivity index (χ1v) is 7.36. The summed E-state index contributed by atoms with van der Waals surface area (Å²) in [7, 11) is 0. The molecular weight excluding hydrogens is 241 g/mol. The van der Waals surface area contributed by atoms with Gasteiger partial charge in [0.15, 0.2) is 0 Å². The average molecular weight is 263 g/mol. The van der Waals surface area contributed by atoms with Crippen LogP contribution in [-0.2, 0) is 10.2 Å². The molecule has 3 rings (SSSR count). The van der Waals surface area contributed by atoms with Crippen LogP contribution >= 0.6 is 0 Å². The van der Waals surface area contributed by atoms with Gasteiger partial charge in [-0.15, -0.1) is 0 Å². The zero-order chi connectivity index (χ0) is 13.1. The second kappa shape index (κ2) is 5.59. The van der Waals surface area contributed by atoms with Gasteiger partial charge < -0.3 is 10.1 Å². The Balaban J connectivity index is 1.72. The highest BCUT2D eigenvalue weighted by molar-refractivity contribution is 5.27. The number of halogens is 1. The number of ether oxygens (including phenoxy) is 1. The van der Waals surface area contributed by atoms with Crippen LogP contribution < -0.4 is 5.32 Å². The number of hydrogen-bond donors (Lipinski definition) is 1. The molecule has 1 atom stereocenters. The first kappa shape index (κ1) is 13.1. The number of hydrogen-bond acceptors (Lipinski definition) is 2. The molecule has 2 fully saturated rings. The molecule has 0 radical (unpaired) electrons. The highest BCUT2D eigenvalue weighted by atomic mass is 19.1. The third kappa shape index (κ3) is 2.82. The van der Waals surface area contributed by atoms with Crippen molar-refractivity contribution in [2.24, 2.45) is 0 Å². The van der Waals surface area contributed by atoms with Crippen LogP contribution in [0, 0.1) is 5.82 Å². The Morgan fingerprint density at radius 1 is 1.21 bits per heavy atom. The van der Waals surface area contributed by atoms with Gasteiger partial charge in [-0.25, -0.2) is 4.39 Å². The minimum atomic E-state index is -0.144. The van der Waals surface area contributed by atoms with E-state index >= 15 is 0 Å². The molecule has 1 saturated heterocycles. The third-order valence-corrected chi connectivity index (χ3v) is 4.68. The van der Waals surface area contributed by atoms with E-state index in [1.165, 1.54) is 31.2 Å². The lowest BCUT2D eigenvalue weighted by molar-refractivity contribution is 0.188. The van der Waals surface area contributed by atoms with Crippen molar-refractivity contribution in [2.75, 3.05) is 19.8 Å². The maximum atomic E-state index is 13.1. The Morgan fingerprint density at radius 2 is 1.95 bits per heavy atom. The van der Waals surface area contributed by atoms with E-state index in [1.54, 1.807) is 12.1 Å². The maximum Gasteiger partial charge on any atom is 0.123 e. The lowest BCUT2D eigenvalue weighted by Crippen LogP contribution is -2.41. The van der Waals surface area contributed by atoms with Crippen LogP contribution in [0.15, 0.2) is 24.3 Å². The van der Waals surface area contributed by atoms with Gasteiger partial charge in [-0.3, -0.25) is 0 Å². The Morgan fingerprint density at radius 3 is 2.58 bits per heavy atom. The van der Waals surface area contributed by atoms with Gasteiger partial charge in [0.2, 0.25) is 0 Å². The molecule has 0 amide bonds. The Labute approximate surface area is 114 Å². The fraction of sp³-hybridized carbons (Fsp3) is 0.625. The van der Waals surface area contributed by atoms with Gasteiger partial charge >= 0.3 is 0 Å². The largest absolute Gasteiger partial charge is 0.380 e. The van der Waals surface area contributed by atoms with E-state index < -0.39 is 0 Å². The van der Waals surface area contributed by atoms with Gasteiger partial charge in [-0.05, 0) is 37.0 Å². The molecule has 1 N–H and O–H groups in total. The summed E-state index contributed by atoms with van der Waals surface area (Å²) >= 11 is 0. The van der Waals surface area contributed by atoms with Crippen molar-refractivity contribution in [2.45, 2.75) is 43.6 Å². The van der Waals surface area contributed by atoms with E-state index in [0.29, 0.717) is 6.04 Å². The molecular formula is C16H22FNO. The van der Waals surface area contributed by atoms with Gasteiger partial charge in [0.05, 0.1) is 6.61 Å². The van der Waals surface area contributed by atoms with Crippen LogP contribution in [-0.4, -0.2) is 25.8 Å². The molecule has 1 aromatic carbocycles. The van der Waals surface area contributed by atoms with E-state index in [2.05, 4.69) is 5.32 Å². The van der Waals surface area contributed by atoms with Crippen LogP contribution in [0.2, 0.25) is 0 Å². The zero-order valence-corrected chi connectivity index (χ0v) is 11.3. The summed E-state index contributed by atoms with van der Waals surface area (Å²) in [6, 6.07) is 7.61. The van der Waals surface area contributed by atoms with Crippen molar-refractivity contribution in [1.29, 1.82) is 0 Å². The van der Waals surface area contributed by atoms with Crippen molar-refractivity contribution in [3.05, 3.63) is 35.6 Å². The maximum absolute atomic E-state index is 13.1. The molecule has 19 heavy (non-hydrogen) atoms. The number of rotatable bonds is 4. The Bertz CT molecular complexity index is 405. The van der Waals surface area contributed by atoms with Gasteiger partial charge in [-0.1, -0.05) is 25.0 Å². The number of nitrogens with one attached hydrogen (secondary N) is 1. The van der Waals surface area contributed by atoms with E-state index in [0.717, 1.165) is 26.2 Å². The average Bonchev–Trinajstić information content (AvgIpc) is 3.09. The Hall–Kier alpha value is -0.930. The zero-order valence-electron chi connectivity index (χ0n) is 11.3. The highest BCUT2D eigenvalue weighted by Gasteiger charge is 2.36. The van der Waals surface area contributed by atoms with Gasteiger partial charge in [0, 0.05) is 24.6 Å². The molecule has 1 aromatic rings. The third-order valence-electron chi connectivity index (χ3n) is 4.68. The topological polar surface area (TPSA) is 21.3 Å². The van der Waals surface area contributed by atoms with Crippen molar-refractivity contribution in [3.8, 4) is 0 Å². The summed E-state index contributed by atoms with van der Waals surface area (Å²) in [5.41, 5.74) is 1.49. The Kier molecular flexibility index (Phi) is 3.85. The fourth-order valence-corrected chi connectivity index (χ4v) is 3.46. The molecule has 1 aliphatic heterocycles. The SMILES string of the molecule is Fc1ccc(C2(CN[C@H]3CCOC3)CCCC2)cc1. The van der Waals surface area contributed by atoms with Crippen LogP contribution in [0.25, 0.3) is 0 Å². The monoisotopic (exact) mass is 263 g/mol. The summed E-state index contributed by atoms with van der Waals surface area (Å²) in [5.74, 6) is -0.144. The second-order valence-corrected chi connectivity index (χ2v) is 5.94. The predicted molar refractivity (Wildman–Crippen MR) is 73.8 cm³/mol. The molecule has 2 nitrogen and oxygen atoms in total. The minimum Gasteiger partial charge on any atom is -0.380 e. The van der Waals surface area contributed by atoms with Gasteiger partial charge in [-0.2, -0.15) is 0 Å². The molecule has 104 valence electrons. The van der Waals surface area contributed by atoms with E-state index in [4.69, 9.17) is 4.74 Å². The molecule has 0 aromatic heterocycles. The van der Waals surface area contributed by atoms with E-state index in [1.807, 2.05) is 12.1 Å². The molecule has 0 bridgehead atoms. The quantitative estimate of drug-likeness (QED) is 0.901. The molecule has 1 heterocycles. The minimum absolute atomic E-state index is 0.144. The summed E-state index contributed by atoms with van der Waals surface area (Å²) in [6.07, 6.45) is 6.08. The summed E-state index contributed by atoms with van der Waals surface area (Å²) in [6.45, 7) is 2.70. The lowest BCUT2D eigenvalue weighted by atomic mass is 9.78. The molecule has 1 aliphatic carbocycles. The van der Waals surface area contributed by atoms with Crippen molar-refractivity contribution in [3.63, 3.8) is 0 Å². The smallest absolute Gasteiger partial charge is 0.123 e. The number of benzene rings is 1. The van der Waals surface area contributed by atoms with Crippen LogP contribution in [0.5, 0.6) is 0 Å². The van der Waals surface area contributed by atoms with Crippen LogP contribution in [0.1, 0.15) is 37.7 Å². The van der Waals surface area contributed by atoms with E-state index in [9.17, 15) is 4.39 Å². The summed E-state index contributed by atoms with van der Waals surface area (Å²) in [4.78, 5) is 0. The first-order valence-electron chi connectivity index (χ1n) is 7.36. The summed E-state index contributed by atoms with van der Waals surface area (Å²) < 4.78 is 18.5. The first-order chi connectivity index (χ1) is 9.28.